The van der Waals surface area contributed by atoms with E-state index in [0.29, 0.717) is 0 Å². The Kier molecular flexibility index (Phi) is 11.4. The molecule has 1 heterocycles. The Morgan fingerprint density at radius 2 is 1.73 bits per heavy atom. The fourth-order valence-electron chi connectivity index (χ4n) is 3.00. The number of halogens is 1. The Morgan fingerprint density at radius 1 is 1.08 bits per heavy atom. The number of piperazine rings is 1. The summed E-state index contributed by atoms with van der Waals surface area (Å²) in [6.45, 7) is 9.62. The van der Waals surface area contributed by atoms with Crippen molar-refractivity contribution in [2.24, 2.45) is 4.99 Å². The standard InChI is InChI=1S/C19H33N5O.HI/c1-4-10-21-19(20-2)22-11-5-12-23-13-15-24(16-14-23)17-6-8-18(25-3)9-7-17;/h6-9H,4-5,10-16H2,1-3H3,(H2,20,21,22);1H. The van der Waals surface area contributed by atoms with E-state index in [2.05, 4.69) is 44.5 Å². The number of rotatable bonds is 8. The number of benzene rings is 1. The van der Waals surface area contributed by atoms with Crippen molar-refractivity contribution in [1.82, 2.24) is 15.5 Å². The summed E-state index contributed by atoms with van der Waals surface area (Å²) >= 11 is 0. The van der Waals surface area contributed by atoms with Crippen LogP contribution in [-0.4, -0.2) is 70.8 Å². The summed E-state index contributed by atoms with van der Waals surface area (Å²) in [6.07, 6.45) is 2.24. The van der Waals surface area contributed by atoms with Crippen LogP contribution in [0.4, 0.5) is 5.69 Å². The van der Waals surface area contributed by atoms with E-state index in [9.17, 15) is 0 Å². The molecule has 0 saturated carbocycles. The Hall–Kier alpha value is -1.22. The zero-order valence-corrected chi connectivity index (χ0v) is 18.7. The molecule has 1 aromatic carbocycles. The summed E-state index contributed by atoms with van der Waals surface area (Å²) in [6, 6.07) is 8.36. The van der Waals surface area contributed by atoms with Crippen LogP contribution in [0.15, 0.2) is 29.3 Å². The number of nitrogens with one attached hydrogen (secondary N) is 2. The van der Waals surface area contributed by atoms with Gasteiger partial charge in [-0.05, 0) is 43.7 Å². The number of aliphatic imine (C=N–C) groups is 1. The average molecular weight is 475 g/mol. The minimum atomic E-state index is 0. The van der Waals surface area contributed by atoms with Crippen LogP contribution in [0.1, 0.15) is 19.8 Å². The van der Waals surface area contributed by atoms with Crippen molar-refractivity contribution in [1.29, 1.82) is 0 Å². The van der Waals surface area contributed by atoms with Crippen LogP contribution in [0, 0.1) is 0 Å². The van der Waals surface area contributed by atoms with Crippen LogP contribution in [0.3, 0.4) is 0 Å². The van der Waals surface area contributed by atoms with E-state index in [4.69, 9.17) is 4.74 Å². The second-order valence-corrected chi connectivity index (χ2v) is 6.31. The number of guanidine groups is 1. The Labute approximate surface area is 175 Å². The molecular weight excluding hydrogens is 441 g/mol. The van der Waals surface area contributed by atoms with Crippen molar-refractivity contribution in [3.05, 3.63) is 24.3 Å². The minimum absolute atomic E-state index is 0. The van der Waals surface area contributed by atoms with Crippen molar-refractivity contribution in [3.63, 3.8) is 0 Å². The second-order valence-electron chi connectivity index (χ2n) is 6.31. The molecule has 0 bridgehead atoms. The van der Waals surface area contributed by atoms with Gasteiger partial charge in [-0.25, -0.2) is 0 Å². The van der Waals surface area contributed by atoms with Gasteiger partial charge in [0.25, 0.3) is 0 Å². The molecule has 26 heavy (non-hydrogen) atoms. The van der Waals surface area contributed by atoms with Crippen molar-refractivity contribution in [3.8, 4) is 5.75 Å². The predicted octanol–water partition coefficient (Wildman–Crippen LogP) is 2.40. The Balaban J connectivity index is 0.00000338. The second kappa shape index (κ2) is 13.0. The highest BCUT2D eigenvalue weighted by molar-refractivity contribution is 14.0. The van der Waals surface area contributed by atoms with Gasteiger partial charge in [0.15, 0.2) is 5.96 Å². The first kappa shape index (κ1) is 22.8. The molecule has 0 spiro atoms. The number of methoxy groups -OCH3 is 1. The first-order valence-electron chi connectivity index (χ1n) is 9.32. The maximum atomic E-state index is 5.23. The quantitative estimate of drug-likeness (QED) is 0.262. The van der Waals surface area contributed by atoms with E-state index in [1.807, 2.05) is 19.2 Å². The van der Waals surface area contributed by atoms with Gasteiger partial charge < -0.3 is 20.3 Å². The zero-order chi connectivity index (χ0) is 17.9. The van der Waals surface area contributed by atoms with Gasteiger partial charge in [0, 0.05) is 52.0 Å². The Bertz CT molecular complexity index is 515. The van der Waals surface area contributed by atoms with Crippen LogP contribution in [-0.2, 0) is 0 Å². The molecule has 148 valence electrons. The number of hydrogen-bond donors (Lipinski definition) is 2. The molecule has 0 amide bonds. The largest absolute Gasteiger partial charge is 0.497 e. The number of nitrogens with zero attached hydrogens (tertiary/aromatic N) is 3. The van der Waals surface area contributed by atoms with Crippen molar-refractivity contribution >= 4 is 35.6 Å². The van der Waals surface area contributed by atoms with Gasteiger partial charge in [-0.3, -0.25) is 9.89 Å². The highest BCUT2D eigenvalue weighted by Gasteiger charge is 2.16. The maximum absolute atomic E-state index is 5.23. The highest BCUT2D eigenvalue weighted by Crippen LogP contribution is 2.20. The number of ether oxygens (including phenoxy) is 1. The molecular formula is C19H34IN5O. The topological polar surface area (TPSA) is 52.1 Å². The van der Waals surface area contributed by atoms with Gasteiger partial charge in [-0.2, -0.15) is 0 Å². The van der Waals surface area contributed by atoms with Gasteiger partial charge >= 0.3 is 0 Å². The maximum Gasteiger partial charge on any atom is 0.190 e. The number of anilines is 1. The van der Waals surface area contributed by atoms with E-state index >= 15 is 0 Å². The van der Waals surface area contributed by atoms with Gasteiger partial charge in [0.05, 0.1) is 7.11 Å². The molecule has 1 fully saturated rings. The van der Waals surface area contributed by atoms with Crippen LogP contribution in [0.25, 0.3) is 0 Å². The lowest BCUT2D eigenvalue weighted by molar-refractivity contribution is 0.255. The lowest BCUT2D eigenvalue weighted by Crippen LogP contribution is -2.47. The summed E-state index contributed by atoms with van der Waals surface area (Å²) in [5.41, 5.74) is 1.29. The molecule has 0 unspecified atom stereocenters. The highest BCUT2D eigenvalue weighted by atomic mass is 127. The minimum Gasteiger partial charge on any atom is -0.497 e. The molecule has 1 aliphatic rings. The van der Waals surface area contributed by atoms with E-state index in [1.54, 1.807) is 7.11 Å². The molecule has 0 aromatic heterocycles. The molecule has 0 radical (unpaired) electrons. The molecule has 7 heteroatoms. The van der Waals surface area contributed by atoms with Crippen LogP contribution in [0.5, 0.6) is 5.75 Å². The van der Waals surface area contributed by atoms with E-state index in [0.717, 1.165) is 70.4 Å². The van der Waals surface area contributed by atoms with Gasteiger partial charge in [-0.1, -0.05) is 6.92 Å². The zero-order valence-electron chi connectivity index (χ0n) is 16.3. The SMILES string of the molecule is CCCNC(=NC)NCCCN1CCN(c2ccc(OC)cc2)CC1.I. The monoisotopic (exact) mass is 475 g/mol. The third-order valence-electron chi connectivity index (χ3n) is 4.52. The normalized spacial score (nSPS) is 15.3. The van der Waals surface area contributed by atoms with Crippen LogP contribution in [0.2, 0.25) is 0 Å². The molecule has 0 aliphatic carbocycles. The summed E-state index contributed by atoms with van der Waals surface area (Å²) in [5.74, 6) is 1.82. The molecule has 6 nitrogen and oxygen atoms in total. The third kappa shape index (κ3) is 7.57. The Morgan fingerprint density at radius 3 is 2.31 bits per heavy atom. The number of hydrogen-bond acceptors (Lipinski definition) is 4. The van der Waals surface area contributed by atoms with Crippen LogP contribution < -0.4 is 20.3 Å². The van der Waals surface area contributed by atoms with Crippen molar-refractivity contribution < 1.29 is 4.74 Å². The fourth-order valence-corrected chi connectivity index (χ4v) is 3.00. The van der Waals surface area contributed by atoms with Gasteiger partial charge in [0.2, 0.25) is 0 Å². The smallest absolute Gasteiger partial charge is 0.190 e. The molecule has 1 saturated heterocycles. The summed E-state index contributed by atoms with van der Waals surface area (Å²) in [4.78, 5) is 9.23. The molecule has 1 aliphatic heterocycles. The first-order chi connectivity index (χ1) is 12.3. The predicted molar refractivity (Wildman–Crippen MR) is 121 cm³/mol. The lowest BCUT2D eigenvalue weighted by Gasteiger charge is -2.36. The average Bonchev–Trinajstić information content (AvgIpc) is 2.68. The molecule has 2 rings (SSSR count). The van der Waals surface area contributed by atoms with E-state index < -0.39 is 0 Å². The lowest BCUT2D eigenvalue weighted by atomic mass is 10.2. The molecule has 0 atom stereocenters. The molecule has 2 N–H and O–H groups in total. The van der Waals surface area contributed by atoms with Gasteiger partial charge in [-0.15, -0.1) is 24.0 Å². The van der Waals surface area contributed by atoms with Crippen molar-refractivity contribution in [2.75, 3.05) is 64.9 Å². The van der Waals surface area contributed by atoms with Crippen molar-refractivity contribution in [2.45, 2.75) is 19.8 Å². The summed E-state index contributed by atoms with van der Waals surface area (Å²) < 4.78 is 5.23. The van der Waals surface area contributed by atoms with Crippen LogP contribution >= 0.6 is 24.0 Å². The van der Waals surface area contributed by atoms with Gasteiger partial charge in [0.1, 0.15) is 5.75 Å². The van der Waals surface area contributed by atoms with E-state index in [-0.39, 0.29) is 24.0 Å². The first-order valence-corrected chi connectivity index (χ1v) is 9.32. The summed E-state index contributed by atoms with van der Waals surface area (Å²) in [7, 11) is 3.53. The molecule has 1 aromatic rings. The summed E-state index contributed by atoms with van der Waals surface area (Å²) in [5, 5.41) is 6.68. The third-order valence-corrected chi connectivity index (χ3v) is 4.52. The van der Waals surface area contributed by atoms with E-state index in [1.165, 1.54) is 5.69 Å². The fraction of sp³-hybridized carbons (Fsp3) is 0.632.